The zero-order valence-electron chi connectivity index (χ0n) is 8.91. The molecule has 2 N–H and O–H groups in total. The molecule has 4 nitrogen and oxygen atoms in total. The van der Waals surface area contributed by atoms with Gasteiger partial charge in [-0.3, -0.25) is 10.0 Å². The van der Waals surface area contributed by atoms with Crippen LogP contribution in [-0.4, -0.2) is 17.7 Å². The van der Waals surface area contributed by atoms with Crippen molar-refractivity contribution < 1.29 is 14.7 Å². The Bertz CT molecular complexity index is 329. The summed E-state index contributed by atoms with van der Waals surface area (Å²) in [6.45, 7) is 4.23. The van der Waals surface area contributed by atoms with Crippen LogP contribution in [0.3, 0.4) is 0 Å². The number of hydrogen-bond acceptors (Lipinski definition) is 3. The molecule has 0 aliphatic heterocycles. The standard InChI is InChI=1S/C11H15NO3/c1-8-5-9(2)7-10(6-8)15-4-3-11(13)12-14/h5-7,14H,3-4H2,1-2H3,(H,12,13). The molecule has 0 saturated heterocycles. The summed E-state index contributed by atoms with van der Waals surface area (Å²) in [4.78, 5) is 10.7. The monoisotopic (exact) mass is 209 g/mol. The van der Waals surface area contributed by atoms with Crippen LogP contribution < -0.4 is 10.2 Å². The highest BCUT2D eigenvalue weighted by Gasteiger charge is 2.00. The van der Waals surface area contributed by atoms with E-state index in [9.17, 15) is 4.79 Å². The number of hydrogen-bond donors (Lipinski definition) is 2. The molecule has 0 saturated carbocycles. The molecule has 0 bridgehead atoms. The van der Waals surface area contributed by atoms with Crippen LogP contribution in [0.15, 0.2) is 18.2 Å². The van der Waals surface area contributed by atoms with Gasteiger partial charge in [-0.05, 0) is 37.1 Å². The predicted octanol–water partition coefficient (Wildman–Crippen LogP) is 1.58. The summed E-state index contributed by atoms with van der Waals surface area (Å²) in [5, 5.41) is 8.27. The van der Waals surface area contributed by atoms with E-state index in [0.717, 1.165) is 16.9 Å². The van der Waals surface area contributed by atoms with E-state index in [-0.39, 0.29) is 13.0 Å². The second kappa shape index (κ2) is 5.36. The van der Waals surface area contributed by atoms with Crippen molar-refractivity contribution in [2.75, 3.05) is 6.61 Å². The first-order valence-electron chi connectivity index (χ1n) is 4.76. The molecule has 0 aliphatic carbocycles. The van der Waals surface area contributed by atoms with E-state index in [2.05, 4.69) is 0 Å². The third-order valence-corrected chi connectivity index (χ3v) is 1.92. The molecule has 0 spiro atoms. The maximum Gasteiger partial charge on any atom is 0.246 e. The Morgan fingerprint density at radius 3 is 2.47 bits per heavy atom. The lowest BCUT2D eigenvalue weighted by Crippen LogP contribution is -2.20. The van der Waals surface area contributed by atoms with Crippen molar-refractivity contribution in [3.05, 3.63) is 29.3 Å². The van der Waals surface area contributed by atoms with Crippen molar-refractivity contribution in [1.82, 2.24) is 5.48 Å². The molecule has 1 amide bonds. The molecular formula is C11H15NO3. The van der Waals surface area contributed by atoms with Crippen LogP contribution in [0.25, 0.3) is 0 Å². The minimum Gasteiger partial charge on any atom is -0.493 e. The number of nitrogens with one attached hydrogen (secondary N) is 1. The highest BCUT2D eigenvalue weighted by Crippen LogP contribution is 2.16. The lowest BCUT2D eigenvalue weighted by atomic mass is 10.1. The van der Waals surface area contributed by atoms with E-state index >= 15 is 0 Å². The van der Waals surface area contributed by atoms with Crippen molar-refractivity contribution in [3.8, 4) is 5.75 Å². The van der Waals surface area contributed by atoms with Gasteiger partial charge in [0, 0.05) is 0 Å². The van der Waals surface area contributed by atoms with E-state index in [0.29, 0.717) is 0 Å². The highest BCUT2D eigenvalue weighted by molar-refractivity contribution is 5.74. The molecule has 0 aromatic heterocycles. The van der Waals surface area contributed by atoms with Crippen molar-refractivity contribution in [3.63, 3.8) is 0 Å². The largest absolute Gasteiger partial charge is 0.493 e. The average molecular weight is 209 g/mol. The maximum atomic E-state index is 10.7. The van der Waals surface area contributed by atoms with Gasteiger partial charge >= 0.3 is 0 Å². The van der Waals surface area contributed by atoms with Gasteiger partial charge in [-0.2, -0.15) is 0 Å². The average Bonchev–Trinajstić information content (AvgIpc) is 2.16. The molecule has 0 unspecified atom stereocenters. The third kappa shape index (κ3) is 3.99. The fourth-order valence-corrected chi connectivity index (χ4v) is 1.33. The molecule has 1 rings (SSSR count). The summed E-state index contributed by atoms with van der Waals surface area (Å²) >= 11 is 0. The lowest BCUT2D eigenvalue weighted by molar-refractivity contribution is -0.129. The zero-order chi connectivity index (χ0) is 11.3. The number of hydroxylamine groups is 1. The Hall–Kier alpha value is -1.55. The predicted molar refractivity (Wildman–Crippen MR) is 56.0 cm³/mol. The van der Waals surface area contributed by atoms with E-state index in [1.54, 1.807) is 5.48 Å². The van der Waals surface area contributed by atoms with E-state index < -0.39 is 5.91 Å². The van der Waals surface area contributed by atoms with Gasteiger partial charge in [0.1, 0.15) is 5.75 Å². The molecule has 82 valence electrons. The molecular weight excluding hydrogens is 194 g/mol. The molecule has 0 aliphatic rings. The smallest absolute Gasteiger partial charge is 0.246 e. The fraction of sp³-hybridized carbons (Fsp3) is 0.364. The van der Waals surface area contributed by atoms with Crippen LogP contribution in [0.2, 0.25) is 0 Å². The summed E-state index contributed by atoms with van der Waals surface area (Å²) in [6.07, 6.45) is 0.142. The van der Waals surface area contributed by atoms with Gasteiger partial charge < -0.3 is 4.74 Å². The fourth-order valence-electron chi connectivity index (χ4n) is 1.33. The van der Waals surface area contributed by atoms with E-state index in [1.807, 2.05) is 32.0 Å². The first kappa shape index (κ1) is 11.5. The Morgan fingerprint density at radius 1 is 1.33 bits per heavy atom. The molecule has 1 aromatic carbocycles. The molecule has 4 heteroatoms. The first-order chi connectivity index (χ1) is 7.11. The van der Waals surface area contributed by atoms with Gasteiger partial charge in [-0.1, -0.05) is 6.07 Å². The number of rotatable bonds is 4. The summed E-state index contributed by atoms with van der Waals surface area (Å²) in [5.41, 5.74) is 3.80. The minimum absolute atomic E-state index is 0.142. The lowest BCUT2D eigenvalue weighted by Gasteiger charge is -2.07. The molecule has 0 atom stereocenters. The highest BCUT2D eigenvalue weighted by atomic mass is 16.5. The summed E-state index contributed by atoms with van der Waals surface area (Å²) in [5.74, 6) is 0.303. The molecule has 15 heavy (non-hydrogen) atoms. The quantitative estimate of drug-likeness (QED) is 0.584. The van der Waals surface area contributed by atoms with E-state index in [1.165, 1.54) is 0 Å². The zero-order valence-corrected chi connectivity index (χ0v) is 8.91. The SMILES string of the molecule is Cc1cc(C)cc(OCCC(=O)NO)c1. The Balaban J connectivity index is 2.47. The molecule has 0 fully saturated rings. The van der Waals surface area contributed by atoms with Crippen molar-refractivity contribution in [2.45, 2.75) is 20.3 Å². The number of carbonyl (C=O) groups excluding carboxylic acids is 1. The van der Waals surface area contributed by atoms with Crippen LogP contribution in [0.5, 0.6) is 5.75 Å². The Labute approximate surface area is 88.8 Å². The van der Waals surface area contributed by atoms with E-state index in [4.69, 9.17) is 9.94 Å². The molecule has 0 heterocycles. The number of carbonyl (C=O) groups is 1. The van der Waals surface area contributed by atoms with Crippen LogP contribution >= 0.6 is 0 Å². The van der Waals surface area contributed by atoms with Crippen LogP contribution in [0, 0.1) is 13.8 Å². The molecule has 1 aromatic rings. The van der Waals surface area contributed by atoms with Gasteiger partial charge in [0.25, 0.3) is 0 Å². The van der Waals surface area contributed by atoms with Gasteiger partial charge in [0.15, 0.2) is 0 Å². The first-order valence-corrected chi connectivity index (χ1v) is 4.76. The second-order valence-corrected chi connectivity index (χ2v) is 3.46. The van der Waals surface area contributed by atoms with Gasteiger partial charge in [-0.25, -0.2) is 5.48 Å². The summed E-state index contributed by atoms with van der Waals surface area (Å²) in [6, 6.07) is 5.86. The number of ether oxygens (including phenoxy) is 1. The summed E-state index contributed by atoms with van der Waals surface area (Å²) < 4.78 is 5.37. The van der Waals surface area contributed by atoms with Gasteiger partial charge in [0.2, 0.25) is 5.91 Å². The topological polar surface area (TPSA) is 58.6 Å². The van der Waals surface area contributed by atoms with Crippen molar-refractivity contribution in [1.29, 1.82) is 0 Å². The van der Waals surface area contributed by atoms with Gasteiger partial charge in [0.05, 0.1) is 13.0 Å². The summed E-state index contributed by atoms with van der Waals surface area (Å²) in [7, 11) is 0. The minimum atomic E-state index is -0.445. The third-order valence-electron chi connectivity index (χ3n) is 1.92. The Kier molecular flexibility index (Phi) is 4.12. The maximum absolute atomic E-state index is 10.7. The number of benzene rings is 1. The normalized spacial score (nSPS) is 9.80. The van der Waals surface area contributed by atoms with Crippen LogP contribution in [-0.2, 0) is 4.79 Å². The van der Waals surface area contributed by atoms with Crippen LogP contribution in [0.4, 0.5) is 0 Å². The molecule has 0 radical (unpaired) electrons. The van der Waals surface area contributed by atoms with Crippen LogP contribution in [0.1, 0.15) is 17.5 Å². The van der Waals surface area contributed by atoms with Crippen molar-refractivity contribution >= 4 is 5.91 Å². The number of amides is 1. The number of aryl methyl sites for hydroxylation is 2. The second-order valence-electron chi connectivity index (χ2n) is 3.46. The van der Waals surface area contributed by atoms with Crippen molar-refractivity contribution in [2.24, 2.45) is 0 Å². The van der Waals surface area contributed by atoms with Gasteiger partial charge in [-0.15, -0.1) is 0 Å². The Morgan fingerprint density at radius 2 is 1.93 bits per heavy atom.